The summed E-state index contributed by atoms with van der Waals surface area (Å²) in [6, 6.07) is 8.27. The third-order valence-corrected chi connectivity index (χ3v) is 4.65. The second-order valence-corrected chi connectivity index (χ2v) is 6.49. The number of nitrogens with one attached hydrogen (secondary N) is 1. The van der Waals surface area contributed by atoms with E-state index in [4.69, 9.17) is 27.6 Å². The Kier molecular flexibility index (Phi) is 4.52. The van der Waals surface area contributed by atoms with Crippen molar-refractivity contribution in [2.45, 2.75) is 0 Å². The molecule has 0 amide bonds. The highest BCUT2D eigenvalue weighted by Gasteiger charge is 2.05. The Hall–Kier alpha value is -2.08. The molecule has 0 fully saturated rings. The Balaban J connectivity index is 2.01. The summed E-state index contributed by atoms with van der Waals surface area (Å²) in [6.45, 7) is 0. The van der Waals surface area contributed by atoms with Gasteiger partial charge in [-0.2, -0.15) is 0 Å². The van der Waals surface area contributed by atoms with Crippen LogP contribution in [0.15, 0.2) is 45.8 Å². The number of rotatable bonds is 3. The summed E-state index contributed by atoms with van der Waals surface area (Å²) in [4.78, 5) is 26.5. The Morgan fingerprint density at radius 2 is 2.04 bits per heavy atom. The molecular weight excluding hydrogens is 357 g/mol. The first kappa shape index (κ1) is 15.8. The summed E-state index contributed by atoms with van der Waals surface area (Å²) in [5.74, 6) is -0.0946. The Morgan fingerprint density at radius 3 is 2.74 bits per heavy atom. The number of hydrogen-bond donors (Lipinski definition) is 1. The van der Waals surface area contributed by atoms with Crippen LogP contribution in [0.1, 0.15) is 16.1 Å². The lowest BCUT2D eigenvalue weighted by molar-refractivity contribution is 0.103. The van der Waals surface area contributed by atoms with Crippen LogP contribution in [0.25, 0.3) is 12.2 Å². The number of carbonyl (C=O) groups is 1. The maximum atomic E-state index is 12.0. The summed E-state index contributed by atoms with van der Waals surface area (Å²) in [5, 5.41) is 0.857. The first-order valence-electron chi connectivity index (χ1n) is 6.48. The molecule has 3 rings (SSSR count). The van der Waals surface area contributed by atoms with Gasteiger partial charge in [-0.15, -0.1) is 11.3 Å². The van der Waals surface area contributed by atoms with Crippen molar-refractivity contribution in [3.63, 3.8) is 0 Å². The van der Waals surface area contributed by atoms with Crippen LogP contribution in [0.2, 0.25) is 10.0 Å². The van der Waals surface area contributed by atoms with Gasteiger partial charge in [-0.25, -0.2) is 0 Å². The van der Waals surface area contributed by atoms with E-state index >= 15 is 0 Å². The highest BCUT2D eigenvalue weighted by Crippen LogP contribution is 2.22. The standard InChI is InChI=1S/C16H9Cl2NO3S/c17-10-4-3-9(6-11(10)18)7-14-16(21)19-15(23-14)8-12(20)13-2-1-5-22-13/h1-8H,(H,19,21)/b14-7-,15-8-. The molecule has 0 spiro atoms. The molecule has 1 aromatic carbocycles. The molecule has 0 unspecified atom stereocenters. The maximum absolute atomic E-state index is 12.0. The molecule has 0 atom stereocenters. The van der Waals surface area contributed by atoms with Gasteiger partial charge in [-0.05, 0) is 35.9 Å². The average molecular weight is 366 g/mol. The maximum Gasteiger partial charge on any atom is 0.266 e. The van der Waals surface area contributed by atoms with E-state index in [1.54, 1.807) is 36.4 Å². The van der Waals surface area contributed by atoms with Gasteiger partial charge in [0.05, 0.1) is 25.5 Å². The monoisotopic (exact) mass is 365 g/mol. The fourth-order valence-corrected chi connectivity index (χ4v) is 3.08. The fourth-order valence-electron chi connectivity index (χ4n) is 1.89. The molecular formula is C16H9Cl2NO3S. The number of aromatic amines is 1. The van der Waals surface area contributed by atoms with Crippen molar-refractivity contribution >= 4 is 52.5 Å². The molecule has 0 radical (unpaired) electrons. The van der Waals surface area contributed by atoms with Crippen molar-refractivity contribution in [3.05, 3.63) is 77.5 Å². The number of furan rings is 1. The number of Topliss-reactive ketones (excluding diaryl/α,β-unsaturated/α-hetero) is 1. The predicted octanol–water partition coefficient (Wildman–Crippen LogP) is 2.83. The molecule has 7 heteroatoms. The number of carbonyl (C=O) groups excluding carboxylic acids is 1. The van der Waals surface area contributed by atoms with Crippen molar-refractivity contribution in [3.8, 4) is 0 Å². The molecule has 0 aliphatic carbocycles. The number of ketones is 1. The summed E-state index contributed by atoms with van der Waals surface area (Å²) < 4.78 is 5.93. The van der Waals surface area contributed by atoms with E-state index in [-0.39, 0.29) is 17.1 Å². The minimum absolute atomic E-state index is 0.217. The minimum atomic E-state index is -0.311. The second-order valence-electron chi connectivity index (χ2n) is 4.59. The summed E-state index contributed by atoms with van der Waals surface area (Å²) in [7, 11) is 0. The van der Waals surface area contributed by atoms with E-state index in [0.717, 1.165) is 5.56 Å². The molecule has 23 heavy (non-hydrogen) atoms. The van der Waals surface area contributed by atoms with E-state index in [2.05, 4.69) is 4.98 Å². The van der Waals surface area contributed by atoms with Crippen LogP contribution in [0.5, 0.6) is 0 Å². The number of benzene rings is 1. The minimum Gasteiger partial charge on any atom is -0.461 e. The van der Waals surface area contributed by atoms with E-state index in [1.165, 1.54) is 23.7 Å². The first-order chi connectivity index (χ1) is 11.0. The molecule has 4 nitrogen and oxygen atoms in total. The van der Waals surface area contributed by atoms with E-state index in [1.807, 2.05) is 0 Å². The van der Waals surface area contributed by atoms with E-state index < -0.39 is 0 Å². The summed E-state index contributed by atoms with van der Waals surface area (Å²) >= 11 is 13.0. The van der Waals surface area contributed by atoms with Crippen LogP contribution in [0, 0.1) is 0 Å². The number of halogens is 2. The van der Waals surface area contributed by atoms with Crippen LogP contribution >= 0.6 is 34.5 Å². The van der Waals surface area contributed by atoms with Crippen molar-refractivity contribution in [2.75, 3.05) is 0 Å². The molecule has 3 aromatic rings. The van der Waals surface area contributed by atoms with Gasteiger partial charge in [0.25, 0.3) is 5.56 Å². The van der Waals surface area contributed by atoms with Crippen LogP contribution in [0.4, 0.5) is 0 Å². The third kappa shape index (κ3) is 3.64. The van der Waals surface area contributed by atoms with Gasteiger partial charge in [-0.1, -0.05) is 29.3 Å². The molecule has 116 valence electrons. The Morgan fingerprint density at radius 1 is 1.22 bits per heavy atom. The summed E-state index contributed by atoms with van der Waals surface area (Å²) in [5.41, 5.74) is 0.468. The van der Waals surface area contributed by atoms with Crippen molar-refractivity contribution < 1.29 is 9.21 Å². The lowest BCUT2D eigenvalue weighted by atomic mass is 10.2. The lowest BCUT2D eigenvalue weighted by Crippen LogP contribution is -2.19. The Bertz CT molecular complexity index is 1030. The zero-order valence-electron chi connectivity index (χ0n) is 11.5. The van der Waals surface area contributed by atoms with Crippen molar-refractivity contribution in [2.24, 2.45) is 0 Å². The first-order valence-corrected chi connectivity index (χ1v) is 8.05. The Labute approximate surface area is 144 Å². The highest BCUT2D eigenvalue weighted by molar-refractivity contribution is 7.07. The molecule has 2 aromatic heterocycles. The van der Waals surface area contributed by atoms with Gasteiger partial charge in [-0.3, -0.25) is 9.59 Å². The zero-order chi connectivity index (χ0) is 16.4. The zero-order valence-corrected chi connectivity index (χ0v) is 13.8. The number of hydrogen-bond acceptors (Lipinski definition) is 4. The van der Waals surface area contributed by atoms with Crippen molar-refractivity contribution in [1.82, 2.24) is 4.98 Å². The van der Waals surface area contributed by atoms with Crippen molar-refractivity contribution in [1.29, 1.82) is 0 Å². The lowest BCUT2D eigenvalue weighted by Gasteiger charge is -1.96. The van der Waals surface area contributed by atoms with Crippen LogP contribution in [-0.4, -0.2) is 10.8 Å². The normalized spacial score (nSPS) is 12.8. The van der Waals surface area contributed by atoms with Crippen LogP contribution in [-0.2, 0) is 0 Å². The second kappa shape index (κ2) is 6.58. The molecule has 0 saturated heterocycles. The molecule has 0 aliphatic heterocycles. The van der Waals surface area contributed by atoms with E-state index in [0.29, 0.717) is 19.2 Å². The third-order valence-electron chi connectivity index (χ3n) is 2.95. The molecule has 2 heterocycles. The van der Waals surface area contributed by atoms with Gasteiger partial charge in [0.1, 0.15) is 0 Å². The summed E-state index contributed by atoms with van der Waals surface area (Å²) in [6.07, 6.45) is 4.43. The fraction of sp³-hybridized carbons (Fsp3) is 0. The average Bonchev–Trinajstić information content (AvgIpc) is 3.14. The molecule has 0 bridgehead atoms. The van der Waals surface area contributed by atoms with Crippen LogP contribution in [0.3, 0.4) is 0 Å². The quantitative estimate of drug-likeness (QED) is 0.725. The number of thiazole rings is 1. The molecule has 0 saturated carbocycles. The van der Waals surface area contributed by atoms with Gasteiger partial charge < -0.3 is 9.40 Å². The van der Waals surface area contributed by atoms with Gasteiger partial charge in [0.15, 0.2) is 5.76 Å². The SMILES string of the molecule is O=C(/C=c1/[nH]c(=O)/c(=C/c2ccc(Cl)c(Cl)c2)s1)c1ccco1. The smallest absolute Gasteiger partial charge is 0.266 e. The number of aromatic nitrogens is 1. The molecule has 1 N–H and O–H groups in total. The van der Waals surface area contributed by atoms with Gasteiger partial charge in [0.2, 0.25) is 5.78 Å². The van der Waals surface area contributed by atoms with Crippen LogP contribution < -0.4 is 14.8 Å². The van der Waals surface area contributed by atoms with Gasteiger partial charge >= 0.3 is 0 Å². The topological polar surface area (TPSA) is 63.1 Å². The van der Waals surface area contributed by atoms with Gasteiger partial charge in [0, 0.05) is 6.08 Å². The highest BCUT2D eigenvalue weighted by atomic mass is 35.5. The largest absolute Gasteiger partial charge is 0.461 e. The number of H-pyrrole nitrogens is 1. The molecule has 0 aliphatic rings. The predicted molar refractivity (Wildman–Crippen MR) is 91.7 cm³/mol. The van der Waals surface area contributed by atoms with E-state index in [9.17, 15) is 9.59 Å².